The summed E-state index contributed by atoms with van der Waals surface area (Å²) in [4.78, 5) is 50.2. The summed E-state index contributed by atoms with van der Waals surface area (Å²) in [6, 6.07) is 13.9. The van der Waals surface area contributed by atoms with Crippen molar-refractivity contribution in [3.8, 4) is 16.2 Å². The molecule has 2 amide bonds. The highest BCUT2D eigenvalue weighted by Crippen LogP contribution is 2.46. The maximum Gasteiger partial charge on any atom is 0.410 e. The molecule has 14 nitrogen and oxygen atoms in total. The Hall–Kier alpha value is -4.38. The van der Waals surface area contributed by atoms with Gasteiger partial charge in [0.05, 0.1) is 10.6 Å². The first-order valence-electron chi connectivity index (χ1n) is 17.9. The quantitative estimate of drug-likeness (QED) is 0.147. The van der Waals surface area contributed by atoms with E-state index in [9.17, 15) is 32.7 Å². The monoisotopic (exact) mass is 818 g/mol. The number of sulfonamides is 1. The maximum absolute atomic E-state index is 13.9. The highest BCUT2D eigenvalue weighted by atomic mass is 35.5. The third-order valence-electron chi connectivity index (χ3n) is 9.34. The number of carboxylic acid groups (broad SMARTS) is 2. The first-order chi connectivity index (χ1) is 25.7. The summed E-state index contributed by atoms with van der Waals surface area (Å²) in [7, 11) is -3.77. The molecule has 0 aliphatic carbocycles. The number of carbonyl (C=O) groups is 4. The predicted molar refractivity (Wildman–Crippen MR) is 211 cm³/mol. The van der Waals surface area contributed by atoms with E-state index in [4.69, 9.17) is 26.2 Å². The summed E-state index contributed by atoms with van der Waals surface area (Å²) >= 11 is 7.38. The number of benzene rings is 2. The van der Waals surface area contributed by atoms with Gasteiger partial charge in [-0.15, -0.1) is 11.3 Å². The van der Waals surface area contributed by atoms with Crippen LogP contribution in [0.5, 0.6) is 5.75 Å². The number of carboxylic acids is 2. The van der Waals surface area contributed by atoms with E-state index in [1.165, 1.54) is 4.31 Å². The minimum Gasteiger partial charge on any atom is -0.479 e. The number of carbonyl (C=O) groups excluding carboxylic acids is 2. The van der Waals surface area contributed by atoms with E-state index in [0.717, 1.165) is 17.0 Å². The molecule has 0 spiro atoms. The number of hydrogen-bond donors (Lipinski definition) is 4. The van der Waals surface area contributed by atoms with E-state index < -0.39 is 45.8 Å². The average Bonchev–Trinajstić information content (AvgIpc) is 3.42. The summed E-state index contributed by atoms with van der Waals surface area (Å²) in [6.45, 7) is 9.55. The molecular weight excluding hydrogens is 772 g/mol. The Morgan fingerprint density at radius 1 is 0.982 bits per heavy atom. The molecule has 17 heteroatoms. The minimum atomic E-state index is -3.77. The highest BCUT2D eigenvalue weighted by molar-refractivity contribution is 7.88. The number of rotatable bonds is 12. The smallest absolute Gasteiger partial charge is 0.410 e. The molecule has 0 bridgehead atoms. The average molecular weight is 819 g/mol. The van der Waals surface area contributed by atoms with E-state index in [0.29, 0.717) is 60.5 Å². The van der Waals surface area contributed by atoms with Crippen LogP contribution in [0.25, 0.3) is 10.4 Å². The Labute approximate surface area is 329 Å². The number of halogens is 1. The number of piperidine rings is 2. The highest BCUT2D eigenvalue weighted by Gasteiger charge is 2.41. The Balaban J connectivity index is 1.19. The molecule has 0 unspecified atom stereocenters. The zero-order valence-corrected chi connectivity index (χ0v) is 33.8. The lowest BCUT2D eigenvalue weighted by Crippen LogP contribution is -2.55. The lowest BCUT2D eigenvalue weighted by Gasteiger charge is -2.45. The van der Waals surface area contributed by atoms with Gasteiger partial charge in [-0.05, 0) is 95.7 Å². The number of nitrogens with zero attached hydrogens (tertiary/aromatic N) is 2. The lowest BCUT2D eigenvalue weighted by molar-refractivity contribution is -0.139. The van der Waals surface area contributed by atoms with E-state index in [-0.39, 0.29) is 45.8 Å². The fourth-order valence-corrected chi connectivity index (χ4v) is 10.3. The van der Waals surface area contributed by atoms with Gasteiger partial charge >= 0.3 is 18.0 Å². The van der Waals surface area contributed by atoms with Gasteiger partial charge in [0.2, 0.25) is 15.9 Å². The first kappa shape index (κ1) is 41.8. The number of anilines is 2. The van der Waals surface area contributed by atoms with Gasteiger partial charge in [0.25, 0.3) is 0 Å². The van der Waals surface area contributed by atoms with Crippen molar-refractivity contribution in [3.63, 3.8) is 0 Å². The van der Waals surface area contributed by atoms with Gasteiger partial charge in [0, 0.05) is 48.5 Å². The van der Waals surface area contributed by atoms with Crippen molar-refractivity contribution in [2.24, 2.45) is 5.92 Å². The molecule has 4 N–H and O–H groups in total. The number of ether oxygens (including phenoxy) is 2. The lowest BCUT2D eigenvalue weighted by atomic mass is 9.89. The van der Waals surface area contributed by atoms with Crippen LogP contribution in [0.4, 0.5) is 16.2 Å². The molecule has 2 aliphatic rings. The molecule has 55 heavy (non-hydrogen) atoms. The van der Waals surface area contributed by atoms with Crippen LogP contribution in [0.1, 0.15) is 75.5 Å². The molecule has 2 aliphatic heterocycles. The maximum atomic E-state index is 13.9. The Morgan fingerprint density at radius 2 is 1.65 bits per heavy atom. The van der Waals surface area contributed by atoms with Crippen LogP contribution in [-0.2, 0) is 30.1 Å². The fourth-order valence-electron chi connectivity index (χ4n) is 6.92. The second-order valence-electron chi connectivity index (χ2n) is 15.4. The van der Waals surface area contributed by atoms with Gasteiger partial charge in [-0.2, -0.15) is 4.31 Å². The molecule has 2 fully saturated rings. The van der Waals surface area contributed by atoms with Gasteiger partial charge in [-0.25, -0.2) is 22.8 Å². The predicted octanol–water partition coefficient (Wildman–Crippen LogP) is 7.00. The summed E-state index contributed by atoms with van der Waals surface area (Å²) in [5.41, 5.74) is 1.03. The first-order valence-corrected chi connectivity index (χ1v) is 20.7. The Morgan fingerprint density at radius 3 is 2.29 bits per heavy atom. The van der Waals surface area contributed by atoms with E-state index in [2.05, 4.69) is 10.6 Å². The van der Waals surface area contributed by atoms with Crippen molar-refractivity contribution in [1.29, 1.82) is 0 Å². The standard InChI is InChI=1S/C38H47ClN4O10S2/c1-37(2,3)53-36(49)42-15-12-24(13-16-42)34(46)41-26-10-6-8-23(18-26)22-55(50,51)43-17-14-28(20-38(43,4)5)40-27-11-7-9-25(19-27)32-30(39)31(52-21-29(44)45)33(54-32)35(47)48/h6-11,18-19,24,28,40H,12-17,20-22H2,1-5H3,(H,41,46)(H,44,45)(H,47,48)/t28-/m0/s1. The van der Waals surface area contributed by atoms with Crippen molar-refractivity contribution in [2.75, 3.05) is 36.9 Å². The van der Waals surface area contributed by atoms with Gasteiger partial charge in [0.1, 0.15) is 10.6 Å². The third kappa shape index (κ3) is 10.7. The topological polar surface area (TPSA) is 192 Å². The van der Waals surface area contributed by atoms with Crippen molar-refractivity contribution in [1.82, 2.24) is 9.21 Å². The van der Waals surface area contributed by atoms with E-state index in [1.54, 1.807) is 47.4 Å². The van der Waals surface area contributed by atoms with E-state index >= 15 is 0 Å². The Bertz CT molecular complexity index is 2040. The van der Waals surface area contributed by atoms with Crippen molar-refractivity contribution < 1.29 is 47.3 Å². The summed E-state index contributed by atoms with van der Waals surface area (Å²) in [5.74, 6) is -3.47. The van der Waals surface area contributed by atoms with Crippen LogP contribution in [0.15, 0.2) is 48.5 Å². The van der Waals surface area contributed by atoms with Crippen LogP contribution in [0, 0.1) is 5.92 Å². The third-order valence-corrected chi connectivity index (χ3v) is 13.1. The molecule has 1 aromatic heterocycles. The van der Waals surface area contributed by atoms with Crippen LogP contribution in [0.3, 0.4) is 0 Å². The van der Waals surface area contributed by atoms with Crippen LogP contribution in [-0.4, -0.2) is 95.2 Å². The number of amides is 2. The molecule has 0 saturated carbocycles. The Kier molecular flexibility index (Phi) is 12.7. The fraction of sp³-hybridized carbons (Fsp3) is 0.474. The molecule has 5 rings (SSSR count). The number of aliphatic carboxylic acids is 1. The molecule has 2 saturated heterocycles. The van der Waals surface area contributed by atoms with Gasteiger partial charge in [-0.3, -0.25) is 4.79 Å². The van der Waals surface area contributed by atoms with Crippen molar-refractivity contribution in [3.05, 3.63) is 64.0 Å². The summed E-state index contributed by atoms with van der Waals surface area (Å²) in [6.07, 6.45) is 1.61. The zero-order chi connectivity index (χ0) is 40.3. The molecule has 1 atom stereocenters. The molecule has 2 aromatic carbocycles. The molecular formula is C38H47ClN4O10S2. The second kappa shape index (κ2) is 16.8. The van der Waals surface area contributed by atoms with Gasteiger partial charge in [-0.1, -0.05) is 35.9 Å². The normalized spacial score (nSPS) is 18.0. The van der Waals surface area contributed by atoms with Crippen molar-refractivity contribution in [2.45, 2.75) is 83.2 Å². The zero-order valence-electron chi connectivity index (χ0n) is 31.4. The largest absolute Gasteiger partial charge is 0.479 e. The van der Waals surface area contributed by atoms with Gasteiger partial charge in [0.15, 0.2) is 17.2 Å². The van der Waals surface area contributed by atoms with E-state index in [1.807, 2.05) is 40.7 Å². The number of nitrogens with one attached hydrogen (secondary N) is 2. The molecule has 0 radical (unpaired) electrons. The molecule has 298 valence electrons. The second-order valence-corrected chi connectivity index (χ2v) is 18.7. The number of thiophene rings is 1. The number of aromatic carboxylic acids is 1. The number of hydrogen-bond acceptors (Lipinski definition) is 10. The van der Waals surface area contributed by atoms with Crippen LogP contribution >= 0.6 is 22.9 Å². The minimum absolute atomic E-state index is 0.00536. The SMILES string of the molecule is CC(C)(C)OC(=O)N1CCC(C(=O)Nc2cccc(CS(=O)(=O)N3CC[C@H](Nc4cccc(-c5sc(C(=O)O)c(OCC(=O)O)c5Cl)c4)CC3(C)C)c2)CC1. The van der Waals surface area contributed by atoms with Crippen LogP contribution in [0.2, 0.25) is 5.02 Å². The van der Waals surface area contributed by atoms with Gasteiger partial charge < -0.3 is 35.2 Å². The molecule has 3 aromatic rings. The molecule has 3 heterocycles. The summed E-state index contributed by atoms with van der Waals surface area (Å²) < 4.78 is 39.9. The number of likely N-dealkylation sites (tertiary alicyclic amines) is 1. The summed E-state index contributed by atoms with van der Waals surface area (Å²) in [5, 5.41) is 25.1. The van der Waals surface area contributed by atoms with Crippen molar-refractivity contribution >= 4 is 68.3 Å². The van der Waals surface area contributed by atoms with Crippen LogP contribution < -0.4 is 15.4 Å².